The molecule has 1 aromatic heterocycles. The highest BCUT2D eigenvalue weighted by Gasteiger charge is 2.26. The van der Waals surface area contributed by atoms with Crippen molar-refractivity contribution in [3.63, 3.8) is 0 Å². The third-order valence-corrected chi connectivity index (χ3v) is 4.20. The van der Waals surface area contributed by atoms with E-state index in [2.05, 4.69) is 25.9 Å². The number of halogens is 2. The molecule has 0 radical (unpaired) electrons. The SMILES string of the molecule is O=C(COc1ccccc1F)N1CCCC(Oc2ncc(Br)cn2)C1. The van der Waals surface area contributed by atoms with E-state index in [4.69, 9.17) is 9.47 Å². The zero-order valence-electron chi connectivity index (χ0n) is 13.4. The fourth-order valence-corrected chi connectivity index (χ4v) is 2.77. The molecule has 132 valence electrons. The largest absolute Gasteiger partial charge is 0.481 e. The Morgan fingerprint density at radius 1 is 1.32 bits per heavy atom. The summed E-state index contributed by atoms with van der Waals surface area (Å²) in [5.74, 6) is -0.611. The maximum atomic E-state index is 13.5. The summed E-state index contributed by atoms with van der Waals surface area (Å²) in [5, 5.41) is 0. The first-order valence-electron chi connectivity index (χ1n) is 7.91. The smallest absolute Gasteiger partial charge is 0.316 e. The van der Waals surface area contributed by atoms with E-state index in [0.29, 0.717) is 13.1 Å². The fraction of sp³-hybridized carbons (Fsp3) is 0.353. The quantitative estimate of drug-likeness (QED) is 0.759. The van der Waals surface area contributed by atoms with Gasteiger partial charge in [0.2, 0.25) is 0 Å². The van der Waals surface area contributed by atoms with Gasteiger partial charge in [-0.15, -0.1) is 0 Å². The van der Waals surface area contributed by atoms with Crippen molar-refractivity contribution >= 4 is 21.8 Å². The summed E-state index contributed by atoms with van der Waals surface area (Å²) in [6, 6.07) is 6.30. The van der Waals surface area contributed by atoms with Crippen molar-refractivity contribution in [3.8, 4) is 11.8 Å². The van der Waals surface area contributed by atoms with Gasteiger partial charge in [-0.1, -0.05) is 12.1 Å². The summed E-state index contributed by atoms with van der Waals surface area (Å²) in [6.07, 6.45) is 4.67. The van der Waals surface area contributed by atoms with E-state index < -0.39 is 5.82 Å². The predicted molar refractivity (Wildman–Crippen MR) is 91.9 cm³/mol. The van der Waals surface area contributed by atoms with E-state index in [1.807, 2.05) is 0 Å². The van der Waals surface area contributed by atoms with Crippen LogP contribution in [-0.4, -0.2) is 46.6 Å². The van der Waals surface area contributed by atoms with Crippen LogP contribution >= 0.6 is 15.9 Å². The lowest BCUT2D eigenvalue weighted by Crippen LogP contribution is -2.46. The predicted octanol–water partition coefficient (Wildman–Crippen LogP) is 2.83. The van der Waals surface area contributed by atoms with Gasteiger partial charge >= 0.3 is 6.01 Å². The molecule has 0 saturated carbocycles. The highest BCUT2D eigenvalue weighted by atomic mass is 79.9. The Labute approximate surface area is 153 Å². The molecule has 8 heteroatoms. The summed E-state index contributed by atoms with van der Waals surface area (Å²) in [4.78, 5) is 22.1. The average Bonchev–Trinajstić information content (AvgIpc) is 2.63. The molecule has 1 amide bonds. The Morgan fingerprint density at radius 2 is 2.08 bits per heavy atom. The van der Waals surface area contributed by atoms with Gasteiger partial charge in [-0.05, 0) is 40.9 Å². The first kappa shape index (κ1) is 17.6. The Kier molecular flexibility index (Phi) is 5.80. The van der Waals surface area contributed by atoms with Crippen molar-refractivity contribution in [3.05, 3.63) is 46.9 Å². The fourth-order valence-electron chi connectivity index (χ4n) is 2.56. The summed E-state index contributed by atoms with van der Waals surface area (Å²) in [5.41, 5.74) is 0. The molecule has 0 aliphatic carbocycles. The molecule has 1 fully saturated rings. The van der Waals surface area contributed by atoms with Crippen LogP contribution in [0.4, 0.5) is 4.39 Å². The Morgan fingerprint density at radius 3 is 2.84 bits per heavy atom. The molecule has 0 spiro atoms. The maximum Gasteiger partial charge on any atom is 0.316 e. The van der Waals surface area contributed by atoms with E-state index in [1.54, 1.807) is 29.4 Å². The van der Waals surface area contributed by atoms with E-state index in [9.17, 15) is 9.18 Å². The second-order valence-corrected chi connectivity index (χ2v) is 6.54. The molecule has 1 saturated heterocycles. The van der Waals surface area contributed by atoms with Crippen molar-refractivity contribution in [2.75, 3.05) is 19.7 Å². The van der Waals surface area contributed by atoms with Crippen LogP contribution in [0.1, 0.15) is 12.8 Å². The van der Waals surface area contributed by atoms with Crippen molar-refractivity contribution in [2.24, 2.45) is 0 Å². The lowest BCUT2D eigenvalue weighted by atomic mass is 10.1. The van der Waals surface area contributed by atoms with Gasteiger partial charge in [0.1, 0.15) is 6.10 Å². The topological polar surface area (TPSA) is 64.5 Å². The van der Waals surface area contributed by atoms with E-state index in [-0.39, 0.29) is 30.4 Å². The lowest BCUT2D eigenvalue weighted by molar-refractivity contribution is -0.136. The van der Waals surface area contributed by atoms with Gasteiger partial charge in [-0.2, -0.15) is 0 Å². The van der Waals surface area contributed by atoms with Crippen LogP contribution in [0.3, 0.4) is 0 Å². The number of hydrogen-bond acceptors (Lipinski definition) is 5. The number of benzene rings is 1. The molecule has 25 heavy (non-hydrogen) atoms. The monoisotopic (exact) mass is 409 g/mol. The Hall–Kier alpha value is -2.22. The zero-order valence-corrected chi connectivity index (χ0v) is 15.0. The summed E-state index contributed by atoms with van der Waals surface area (Å²) >= 11 is 3.27. The van der Waals surface area contributed by atoms with Crippen LogP contribution in [0.25, 0.3) is 0 Å². The molecule has 6 nitrogen and oxygen atoms in total. The van der Waals surface area contributed by atoms with Crippen LogP contribution in [0.15, 0.2) is 41.1 Å². The van der Waals surface area contributed by atoms with Crippen molar-refractivity contribution in [2.45, 2.75) is 18.9 Å². The number of nitrogens with zero attached hydrogens (tertiary/aromatic N) is 3. The zero-order chi connectivity index (χ0) is 17.6. The van der Waals surface area contributed by atoms with Crippen molar-refractivity contribution in [1.82, 2.24) is 14.9 Å². The van der Waals surface area contributed by atoms with Gasteiger partial charge in [-0.25, -0.2) is 14.4 Å². The highest BCUT2D eigenvalue weighted by molar-refractivity contribution is 9.10. The molecule has 3 rings (SSSR count). The summed E-state index contributed by atoms with van der Waals surface area (Å²) < 4.78 is 25.3. The minimum Gasteiger partial charge on any atom is -0.481 e. The van der Waals surface area contributed by atoms with Gasteiger partial charge in [-0.3, -0.25) is 4.79 Å². The van der Waals surface area contributed by atoms with Crippen molar-refractivity contribution in [1.29, 1.82) is 0 Å². The maximum absolute atomic E-state index is 13.5. The number of aromatic nitrogens is 2. The number of rotatable bonds is 5. The van der Waals surface area contributed by atoms with Gasteiger partial charge in [0, 0.05) is 18.9 Å². The van der Waals surface area contributed by atoms with Crippen LogP contribution in [0, 0.1) is 5.82 Å². The molecule has 1 aliphatic rings. The first-order chi connectivity index (χ1) is 12.1. The number of piperidine rings is 1. The molecule has 1 atom stereocenters. The molecule has 0 bridgehead atoms. The summed E-state index contributed by atoms with van der Waals surface area (Å²) in [6.45, 7) is 0.849. The molecule has 2 heterocycles. The second kappa shape index (κ2) is 8.24. The average molecular weight is 410 g/mol. The molecule has 1 unspecified atom stereocenters. The molecular weight excluding hydrogens is 393 g/mol. The first-order valence-corrected chi connectivity index (χ1v) is 8.70. The lowest BCUT2D eigenvalue weighted by Gasteiger charge is -2.32. The Bertz CT molecular complexity index is 729. The number of likely N-dealkylation sites (tertiary alicyclic amines) is 1. The molecule has 0 N–H and O–H groups in total. The number of amides is 1. The normalized spacial score (nSPS) is 17.2. The molecule has 2 aromatic rings. The number of ether oxygens (including phenoxy) is 2. The highest BCUT2D eigenvalue weighted by Crippen LogP contribution is 2.18. The van der Waals surface area contributed by atoms with Gasteiger partial charge < -0.3 is 14.4 Å². The van der Waals surface area contributed by atoms with E-state index >= 15 is 0 Å². The number of para-hydroxylation sites is 1. The van der Waals surface area contributed by atoms with Gasteiger partial charge in [0.15, 0.2) is 18.2 Å². The molecule has 1 aliphatic heterocycles. The third kappa shape index (κ3) is 4.88. The van der Waals surface area contributed by atoms with Crippen LogP contribution in [-0.2, 0) is 4.79 Å². The third-order valence-electron chi connectivity index (χ3n) is 3.79. The standard InChI is InChI=1S/C17H17BrFN3O3/c18-12-8-20-17(21-9-12)25-13-4-3-7-22(10-13)16(23)11-24-15-6-2-1-5-14(15)19/h1-2,5-6,8-9,13H,3-4,7,10-11H2. The summed E-state index contributed by atoms with van der Waals surface area (Å²) in [7, 11) is 0. The Balaban J connectivity index is 1.52. The molecular formula is C17H17BrFN3O3. The van der Waals surface area contributed by atoms with Gasteiger partial charge in [0.05, 0.1) is 11.0 Å². The number of carbonyl (C=O) groups is 1. The van der Waals surface area contributed by atoms with Crippen molar-refractivity contribution < 1.29 is 18.7 Å². The second-order valence-electron chi connectivity index (χ2n) is 5.62. The minimum atomic E-state index is -0.484. The number of carbonyl (C=O) groups excluding carboxylic acids is 1. The minimum absolute atomic E-state index is 0.0731. The van der Waals surface area contributed by atoms with Crippen LogP contribution < -0.4 is 9.47 Å². The van der Waals surface area contributed by atoms with Crippen LogP contribution in [0.5, 0.6) is 11.8 Å². The van der Waals surface area contributed by atoms with E-state index in [1.165, 1.54) is 12.1 Å². The van der Waals surface area contributed by atoms with Crippen LogP contribution in [0.2, 0.25) is 0 Å². The number of hydrogen-bond donors (Lipinski definition) is 0. The van der Waals surface area contributed by atoms with Gasteiger partial charge in [0.25, 0.3) is 5.91 Å². The molecule has 1 aromatic carbocycles. The van der Waals surface area contributed by atoms with E-state index in [0.717, 1.165) is 17.3 Å².